The first-order valence-corrected chi connectivity index (χ1v) is 4.96. The van der Waals surface area contributed by atoms with Crippen LogP contribution in [-0.4, -0.2) is 28.1 Å². The fraction of sp³-hybridized carbons (Fsp3) is 0.455. The van der Waals surface area contributed by atoms with E-state index in [9.17, 15) is 9.90 Å². The zero-order chi connectivity index (χ0) is 11.3. The lowest BCUT2D eigenvalue weighted by Gasteiger charge is -2.21. The molecule has 1 aromatic rings. The molecule has 2 N–H and O–H groups in total. The summed E-state index contributed by atoms with van der Waals surface area (Å²) in [5, 5.41) is 12.3. The minimum atomic E-state index is -0.849. The second-order valence-corrected chi connectivity index (χ2v) is 3.77. The minimum absolute atomic E-state index is 0.211. The number of carbonyl (C=O) groups is 1. The van der Waals surface area contributed by atoms with Crippen LogP contribution < -0.4 is 5.32 Å². The molecule has 0 aromatic carbocycles. The van der Waals surface area contributed by atoms with Crippen molar-refractivity contribution in [3.8, 4) is 0 Å². The molecule has 4 nitrogen and oxygen atoms in total. The standard InChI is InChI=1S/C11H16N2O2/c1-3-11(2,15)8-13-10(14)9-5-4-6-12-7-9/h4-7,15H,3,8H2,1-2H3,(H,13,14). The average Bonchev–Trinajstić information content (AvgIpc) is 2.27. The molecule has 1 unspecified atom stereocenters. The predicted molar refractivity (Wildman–Crippen MR) is 57.5 cm³/mol. The number of nitrogens with one attached hydrogen (secondary N) is 1. The van der Waals surface area contributed by atoms with Crippen molar-refractivity contribution in [3.63, 3.8) is 0 Å². The van der Waals surface area contributed by atoms with Gasteiger partial charge in [0.05, 0.1) is 11.2 Å². The van der Waals surface area contributed by atoms with Crippen LogP contribution in [0.4, 0.5) is 0 Å². The number of pyridine rings is 1. The number of rotatable bonds is 4. The summed E-state index contributed by atoms with van der Waals surface area (Å²) in [5.41, 5.74) is -0.345. The highest BCUT2D eigenvalue weighted by atomic mass is 16.3. The van der Waals surface area contributed by atoms with Crippen LogP contribution in [0.5, 0.6) is 0 Å². The molecule has 1 rings (SSSR count). The van der Waals surface area contributed by atoms with E-state index < -0.39 is 5.60 Å². The van der Waals surface area contributed by atoms with Crippen LogP contribution in [0.15, 0.2) is 24.5 Å². The van der Waals surface area contributed by atoms with E-state index >= 15 is 0 Å². The highest BCUT2D eigenvalue weighted by Crippen LogP contribution is 2.06. The Morgan fingerprint density at radius 1 is 1.67 bits per heavy atom. The Balaban J connectivity index is 2.51. The maximum Gasteiger partial charge on any atom is 0.252 e. The third-order valence-corrected chi connectivity index (χ3v) is 2.32. The maximum atomic E-state index is 11.5. The first-order chi connectivity index (χ1) is 7.05. The predicted octanol–water partition coefficient (Wildman–Crippen LogP) is 0.972. The number of hydrogen-bond acceptors (Lipinski definition) is 3. The van der Waals surface area contributed by atoms with Gasteiger partial charge >= 0.3 is 0 Å². The first-order valence-electron chi connectivity index (χ1n) is 4.96. The molecular formula is C11H16N2O2. The second-order valence-electron chi connectivity index (χ2n) is 3.77. The molecule has 0 saturated carbocycles. The van der Waals surface area contributed by atoms with Gasteiger partial charge in [-0.1, -0.05) is 6.92 Å². The van der Waals surface area contributed by atoms with Crippen LogP contribution in [0.1, 0.15) is 30.6 Å². The summed E-state index contributed by atoms with van der Waals surface area (Å²) < 4.78 is 0. The Morgan fingerprint density at radius 2 is 2.40 bits per heavy atom. The molecule has 0 fully saturated rings. The van der Waals surface area contributed by atoms with E-state index in [1.807, 2.05) is 6.92 Å². The van der Waals surface area contributed by atoms with Crippen molar-refractivity contribution < 1.29 is 9.90 Å². The summed E-state index contributed by atoms with van der Waals surface area (Å²) in [6.45, 7) is 3.81. The minimum Gasteiger partial charge on any atom is -0.388 e. The maximum absolute atomic E-state index is 11.5. The van der Waals surface area contributed by atoms with E-state index in [0.29, 0.717) is 12.0 Å². The lowest BCUT2D eigenvalue weighted by molar-refractivity contribution is 0.0518. The molecule has 15 heavy (non-hydrogen) atoms. The third kappa shape index (κ3) is 3.67. The Bertz CT molecular complexity index is 323. The lowest BCUT2D eigenvalue weighted by atomic mass is 10.0. The molecule has 4 heteroatoms. The van der Waals surface area contributed by atoms with E-state index in [4.69, 9.17) is 0 Å². The van der Waals surface area contributed by atoms with Crippen molar-refractivity contribution >= 4 is 5.91 Å². The van der Waals surface area contributed by atoms with E-state index in [1.54, 1.807) is 25.3 Å². The molecule has 0 aliphatic rings. The average molecular weight is 208 g/mol. The van der Waals surface area contributed by atoms with Gasteiger partial charge in [0.1, 0.15) is 0 Å². The van der Waals surface area contributed by atoms with Crippen LogP contribution in [0.2, 0.25) is 0 Å². The molecule has 0 radical (unpaired) electrons. The van der Waals surface area contributed by atoms with Gasteiger partial charge in [-0.25, -0.2) is 0 Å². The van der Waals surface area contributed by atoms with Gasteiger partial charge in [0.15, 0.2) is 0 Å². The molecule has 1 aromatic heterocycles. The summed E-state index contributed by atoms with van der Waals surface area (Å²) in [6.07, 6.45) is 3.70. The molecule has 1 heterocycles. The Hall–Kier alpha value is -1.42. The molecule has 0 aliphatic heterocycles. The van der Waals surface area contributed by atoms with Crippen LogP contribution >= 0.6 is 0 Å². The van der Waals surface area contributed by atoms with Gasteiger partial charge in [-0.3, -0.25) is 9.78 Å². The van der Waals surface area contributed by atoms with Gasteiger partial charge in [0, 0.05) is 18.9 Å². The fourth-order valence-electron chi connectivity index (χ4n) is 0.995. The van der Waals surface area contributed by atoms with Crippen molar-refractivity contribution in [2.75, 3.05) is 6.54 Å². The molecule has 1 atom stereocenters. The smallest absolute Gasteiger partial charge is 0.252 e. The number of hydrogen-bond donors (Lipinski definition) is 2. The summed E-state index contributed by atoms with van der Waals surface area (Å²) >= 11 is 0. The quantitative estimate of drug-likeness (QED) is 0.775. The fourth-order valence-corrected chi connectivity index (χ4v) is 0.995. The molecule has 0 bridgehead atoms. The topological polar surface area (TPSA) is 62.2 Å². The summed E-state index contributed by atoms with van der Waals surface area (Å²) in [5.74, 6) is -0.211. The SMILES string of the molecule is CCC(C)(O)CNC(=O)c1cccnc1. The summed E-state index contributed by atoms with van der Waals surface area (Å²) in [7, 11) is 0. The van der Waals surface area contributed by atoms with Crippen molar-refractivity contribution in [1.82, 2.24) is 10.3 Å². The number of carbonyl (C=O) groups excluding carboxylic acids is 1. The Morgan fingerprint density at radius 3 is 2.93 bits per heavy atom. The number of aliphatic hydroxyl groups is 1. The van der Waals surface area contributed by atoms with Crippen LogP contribution in [-0.2, 0) is 0 Å². The van der Waals surface area contributed by atoms with E-state index in [2.05, 4.69) is 10.3 Å². The van der Waals surface area contributed by atoms with Gasteiger partial charge in [0.25, 0.3) is 5.91 Å². The van der Waals surface area contributed by atoms with Gasteiger partial charge in [-0.05, 0) is 25.5 Å². The Labute approximate surface area is 89.3 Å². The van der Waals surface area contributed by atoms with Crippen molar-refractivity contribution in [1.29, 1.82) is 0 Å². The van der Waals surface area contributed by atoms with Gasteiger partial charge in [0.2, 0.25) is 0 Å². The lowest BCUT2D eigenvalue weighted by Crippen LogP contribution is -2.40. The number of nitrogens with zero attached hydrogens (tertiary/aromatic N) is 1. The number of amides is 1. The van der Waals surface area contributed by atoms with Crippen molar-refractivity contribution in [2.24, 2.45) is 0 Å². The van der Waals surface area contributed by atoms with Gasteiger partial charge in [-0.15, -0.1) is 0 Å². The summed E-state index contributed by atoms with van der Waals surface area (Å²) in [6, 6.07) is 3.38. The van der Waals surface area contributed by atoms with E-state index in [-0.39, 0.29) is 12.5 Å². The van der Waals surface area contributed by atoms with E-state index in [0.717, 1.165) is 0 Å². The zero-order valence-corrected chi connectivity index (χ0v) is 9.03. The van der Waals surface area contributed by atoms with Crippen LogP contribution in [0.25, 0.3) is 0 Å². The van der Waals surface area contributed by atoms with Gasteiger partial charge in [-0.2, -0.15) is 0 Å². The Kier molecular flexibility index (Phi) is 3.80. The highest BCUT2D eigenvalue weighted by Gasteiger charge is 2.18. The molecule has 0 saturated heterocycles. The molecule has 0 aliphatic carbocycles. The summed E-state index contributed by atoms with van der Waals surface area (Å²) in [4.78, 5) is 15.4. The highest BCUT2D eigenvalue weighted by molar-refractivity contribution is 5.93. The molecule has 1 amide bonds. The van der Waals surface area contributed by atoms with Crippen molar-refractivity contribution in [2.45, 2.75) is 25.9 Å². The second kappa shape index (κ2) is 4.89. The zero-order valence-electron chi connectivity index (χ0n) is 9.03. The largest absolute Gasteiger partial charge is 0.388 e. The molecule has 0 spiro atoms. The molecule has 82 valence electrons. The van der Waals surface area contributed by atoms with Crippen LogP contribution in [0, 0.1) is 0 Å². The van der Waals surface area contributed by atoms with Gasteiger partial charge < -0.3 is 10.4 Å². The monoisotopic (exact) mass is 208 g/mol. The normalized spacial score (nSPS) is 14.3. The van der Waals surface area contributed by atoms with Crippen LogP contribution in [0.3, 0.4) is 0 Å². The number of aromatic nitrogens is 1. The molecular weight excluding hydrogens is 192 g/mol. The van der Waals surface area contributed by atoms with Crippen molar-refractivity contribution in [3.05, 3.63) is 30.1 Å². The first kappa shape index (κ1) is 11.7. The van der Waals surface area contributed by atoms with E-state index in [1.165, 1.54) is 6.20 Å². The third-order valence-electron chi connectivity index (χ3n) is 2.32.